The number of alkyl carbamates (subject to hydrolysis) is 2. The summed E-state index contributed by atoms with van der Waals surface area (Å²) in [5.41, 5.74) is 6.03. The highest BCUT2D eigenvalue weighted by atomic mass is 32.2. The van der Waals surface area contributed by atoms with Crippen molar-refractivity contribution in [3.05, 3.63) is 45.5 Å². The molecule has 19 heteroatoms. The minimum atomic E-state index is -3.67. The monoisotopic (exact) mass is 610 g/mol. The second kappa shape index (κ2) is 13.2. The van der Waals surface area contributed by atoms with Gasteiger partial charge in [0.25, 0.3) is 15.7 Å². The van der Waals surface area contributed by atoms with Gasteiger partial charge in [-0.3, -0.25) is 29.6 Å². The van der Waals surface area contributed by atoms with Crippen molar-refractivity contribution in [3.63, 3.8) is 0 Å². The molecule has 0 spiro atoms. The molecular weight excluding hydrogens is 580 g/mol. The van der Waals surface area contributed by atoms with Crippen LogP contribution in [0.4, 0.5) is 15.4 Å². The van der Waals surface area contributed by atoms with E-state index in [1.807, 2.05) is 0 Å². The molecule has 2 fully saturated rings. The van der Waals surface area contributed by atoms with Crippen LogP contribution < -0.4 is 21.9 Å². The number of hydrogen-bond donors (Lipinski definition) is 6. The SMILES string of the molecule is CCOC(=O)NC1=C(N2CC2)C(=O)C(NC(=O)OCC)=C(N2CC2)C1=O.CS(=O)(=O)O.Nc1cc2[nH]cnc2c(=O)[nH]1. The Morgan fingerprint density at radius 2 is 1.40 bits per heavy atom. The number of nitrogens with zero attached hydrogens (tertiary/aromatic N) is 3. The maximum Gasteiger partial charge on any atom is 0.411 e. The van der Waals surface area contributed by atoms with E-state index in [-0.39, 0.29) is 41.6 Å². The lowest BCUT2D eigenvalue weighted by Gasteiger charge is -2.25. The van der Waals surface area contributed by atoms with Crippen LogP contribution in [0, 0.1) is 0 Å². The normalized spacial score (nSPS) is 15.8. The molecule has 2 amide bonds. The molecule has 2 aromatic rings. The Kier molecular flexibility index (Phi) is 9.91. The Balaban J connectivity index is 0.000000247. The molecule has 228 valence electrons. The summed E-state index contributed by atoms with van der Waals surface area (Å²) >= 11 is 0. The van der Waals surface area contributed by atoms with E-state index in [1.165, 1.54) is 6.33 Å². The molecule has 4 heterocycles. The fraction of sp³-hybridized carbons (Fsp3) is 0.391. The van der Waals surface area contributed by atoms with Gasteiger partial charge in [0.05, 0.1) is 31.3 Å². The van der Waals surface area contributed by atoms with Gasteiger partial charge in [-0.2, -0.15) is 8.42 Å². The summed E-state index contributed by atoms with van der Waals surface area (Å²) in [4.78, 5) is 73.0. The maximum absolute atomic E-state index is 13.0. The van der Waals surface area contributed by atoms with Crippen molar-refractivity contribution in [2.75, 3.05) is 51.4 Å². The number of imidazole rings is 1. The minimum absolute atomic E-state index is 0.0560. The molecular formula is C23H30N8O10S. The van der Waals surface area contributed by atoms with Gasteiger partial charge in [0.2, 0.25) is 11.6 Å². The Morgan fingerprint density at radius 3 is 1.79 bits per heavy atom. The average molecular weight is 611 g/mol. The molecule has 2 saturated heterocycles. The van der Waals surface area contributed by atoms with E-state index in [2.05, 4.69) is 25.6 Å². The van der Waals surface area contributed by atoms with Crippen LogP contribution in [0.5, 0.6) is 0 Å². The van der Waals surface area contributed by atoms with Gasteiger partial charge in [-0.1, -0.05) is 0 Å². The fourth-order valence-corrected chi connectivity index (χ4v) is 3.58. The van der Waals surface area contributed by atoms with Gasteiger partial charge in [-0.25, -0.2) is 14.6 Å². The van der Waals surface area contributed by atoms with Crippen molar-refractivity contribution >= 4 is 50.7 Å². The zero-order valence-corrected chi connectivity index (χ0v) is 23.7. The van der Waals surface area contributed by atoms with Crippen LogP contribution in [0.2, 0.25) is 0 Å². The number of nitrogens with two attached hydrogens (primary N) is 1. The largest absolute Gasteiger partial charge is 0.450 e. The number of amides is 2. The molecule has 2 aliphatic heterocycles. The van der Waals surface area contributed by atoms with Crippen molar-refractivity contribution in [1.29, 1.82) is 0 Å². The van der Waals surface area contributed by atoms with Crippen molar-refractivity contribution in [1.82, 2.24) is 35.4 Å². The summed E-state index contributed by atoms with van der Waals surface area (Å²) < 4.78 is 35.5. The zero-order chi connectivity index (χ0) is 31.2. The number of aromatic amines is 2. The third-order valence-electron chi connectivity index (χ3n) is 5.33. The van der Waals surface area contributed by atoms with Gasteiger partial charge in [0.1, 0.15) is 28.6 Å². The number of pyridine rings is 1. The number of ketones is 2. The number of carbonyl (C=O) groups excluding carboxylic acids is 4. The predicted octanol–water partition coefficient (Wildman–Crippen LogP) is -0.978. The second-order valence-corrected chi connectivity index (χ2v) is 10.2. The highest BCUT2D eigenvalue weighted by Gasteiger charge is 2.45. The lowest BCUT2D eigenvalue weighted by atomic mass is 9.98. The van der Waals surface area contributed by atoms with Gasteiger partial charge in [0, 0.05) is 32.2 Å². The lowest BCUT2D eigenvalue weighted by Crippen LogP contribution is -2.43. The van der Waals surface area contributed by atoms with E-state index in [0.29, 0.717) is 49.3 Å². The van der Waals surface area contributed by atoms with E-state index < -0.39 is 33.9 Å². The fourth-order valence-electron chi connectivity index (χ4n) is 3.58. The maximum atomic E-state index is 13.0. The number of Topliss-reactive ketones (excluding diaryl/α,β-unsaturated/α-hetero) is 2. The van der Waals surface area contributed by atoms with Gasteiger partial charge < -0.3 is 35.0 Å². The lowest BCUT2D eigenvalue weighted by molar-refractivity contribution is -0.118. The highest BCUT2D eigenvalue weighted by molar-refractivity contribution is 7.85. The molecule has 1 aliphatic carbocycles. The number of nitrogens with one attached hydrogen (secondary N) is 4. The first-order valence-electron chi connectivity index (χ1n) is 12.4. The molecule has 0 atom stereocenters. The summed E-state index contributed by atoms with van der Waals surface area (Å²) in [5.74, 6) is -0.737. The first-order valence-corrected chi connectivity index (χ1v) is 14.3. The number of carbonyl (C=O) groups is 4. The third-order valence-corrected chi connectivity index (χ3v) is 5.33. The average Bonchev–Trinajstić information content (AvgIpc) is 3.81. The van der Waals surface area contributed by atoms with E-state index in [0.717, 1.165) is 0 Å². The van der Waals surface area contributed by atoms with Crippen molar-refractivity contribution in [3.8, 4) is 0 Å². The van der Waals surface area contributed by atoms with Crippen molar-refractivity contribution < 1.29 is 41.6 Å². The van der Waals surface area contributed by atoms with Gasteiger partial charge in [-0.05, 0) is 13.8 Å². The van der Waals surface area contributed by atoms with Crippen molar-refractivity contribution in [2.45, 2.75) is 13.8 Å². The molecule has 0 radical (unpaired) electrons. The van der Waals surface area contributed by atoms with Crippen LogP contribution in [-0.4, -0.2) is 107 Å². The molecule has 18 nitrogen and oxygen atoms in total. The molecule has 0 bridgehead atoms. The number of aromatic nitrogens is 3. The second-order valence-electron chi connectivity index (χ2n) is 8.72. The summed E-state index contributed by atoms with van der Waals surface area (Å²) in [7, 11) is -3.67. The summed E-state index contributed by atoms with van der Waals surface area (Å²) in [6.45, 7) is 5.84. The molecule has 42 heavy (non-hydrogen) atoms. The third kappa shape index (κ3) is 8.54. The number of nitrogen functional groups attached to an aromatic ring is 1. The summed E-state index contributed by atoms with van der Waals surface area (Å²) in [6.07, 6.45) is 0.552. The molecule has 7 N–H and O–H groups in total. The number of ether oxygens (including phenoxy) is 2. The summed E-state index contributed by atoms with van der Waals surface area (Å²) in [5, 5.41) is 4.77. The van der Waals surface area contributed by atoms with Gasteiger partial charge in [-0.15, -0.1) is 0 Å². The first-order chi connectivity index (χ1) is 19.7. The number of H-pyrrole nitrogens is 2. The molecule has 0 unspecified atom stereocenters. The Morgan fingerprint density at radius 1 is 0.976 bits per heavy atom. The smallest absolute Gasteiger partial charge is 0.411 e. The first kappa shape index (κ1) is 31.6. The van der Waals surface area contributed by atoms with Crippen LogP contribution in [-0.2, 0) is 29.2 Å². The van der Waals surface area contributed by atoms with Crippen LogP contribution in [0.25, 0.3) is 11.0 Å². The molecule has 2 aromatic heterocycles. The van der Waals surface area contributed by atoms with Crippen molar-refractivity contribution in [2.24, 2.45) is 0 Å². The number of anilines is 1. The summed E-state index contributed by atoms with van der Waals surface area (Å²) in [6, 6.07) is 1.63. The Labute approximate surface area is 238 Å². The molecule has 3 aliphatic rings. The van der Waals surface area contributed by atoms with E-state index in [9.17, 15) is 32.4 Å². The molecule has 5 rings (SSSR count). The molecule has 0 saturated carbocycles. The highest BCUT2D eigenvalue weighted by Crippen LogP contribution is 2.32. The number of fused-ring (bicyclic) bond motifs is 1. The number of rotatable bonds is 6. The van der Waals surface area contributed by atoms with Crippen LogP contribution >= 0.6 is 0 Å². The van der Waals surface area contributed by atoms with Crippen LogP contribution in [0.3, 0.4) is 0 Å². The molecule has 0 aromatic carbocycles. The standard InChI is InChI=1S/C16H20N4O6.C6H6N4O.CH4O3S/c1-3-25-15(23)17-9-11(19-5-6-19)14(22)10(18-16(24)26-4-2)12(13(9)21)20-7-8-20;7-4-1-3-5(6(11)10-4)9-2-8-3;1-5(2,3)4/h3-8H2,1-2H3,(H,17,23)(H,18,24);1-2H,(H,8,9)(H3,7,10,11);1H3,(H,2,3,4). The minimum Gasteiger partial charge on any atom is -0.450 e. The van der Waals surface area contributed by atoms with Gasteiger partial charge in [0.15, 0.2) is 5.52 Å². The topological polar surface area (TPSA) is 259 Å². The predicted molar refractivity (Wildman–Crippen MR) is 146 cm³/mol. The van der Waals surface area contributed by atoms with E-state index in [4.69, 9.17) is 19.8 Å². The zero-order valence-electron chi connectivity index (χ0n) is 22.8. The Hall–Kier alpha value is -4.91. The van der Waals surface area contributed by atoms with Crippen LogP contribution in [0.15, 0.2) is 40.0 Å². The Bertz CT molecular complexity index is 1550. The quantitative estimate of drug-likeness (QED) is 0.131. The number of hydrogen-bond acceptors (Lipinski definition) is 13. The van der Waals surface area contributed by atoms with Crippen LogP contribution in [0.1, 0.15) is 13.8 Å². The van der Waals surface area contributed by atoms with E-state index in [1.54, 1.807) is 29.7 Å². The van der Waals surface area contributed by atoms with E-state index >= 15 is 0 Å². The van der Waals surface area contributed by atoms with Gasteiger partial charge >= 0.3 is 12.2 Å².